The van der Waals surface area contributed by atoms with Crippen LogP contribution in [0.5, 0.6) is 46.0 Å². The largest absolute Gasteiger partial charge is 0.565 e. The summed E-state index contributed by atoms with van der Waals surface area (Å²) in [6.45, 7) is 2.55. The van der Waals surface area contributed by atoms with E-state index in [9.17, 15) is 25.6 Å². The lowest BCUT2D eigenvalue weighted by molar-refractivity contribution is -0.244. The summed E-state index contributed by atoms with van der Waals surface area (Å²) in [6.07, 6.45) is 2.98. The van der Waals surface area contributed by atoms with Crippen molar-refractivity contribution in [1.29, 1.82) is 0 Å². The quantitative estimate of drug-likeness (QED) is 0.0498. The zero-order chi connectivity index (χ0) is 53.8. The highest BCUT2D eigenvalue weighted by atomic mass is 32.2. The molecule has 0 saturated carbocycles. The minimum absolute atomic E-state index is 0. The van der Waals surface area contributed by atoms with Gasteiger partial charge in [-0.25, -0.2) is 14.0 Å². The molecule has 6 aromatic carbocycles. The van der Waals surface area contributed by atoms with Crippen LogP contribution in [0.15, 0.2) is 107 Å². The number of halogens is 2. The standard InChI is InChI=1S/2C26H26FNO6S.HO4P.H2/c2*1-31-23-8-7-16-11-22-20-14-25(33-3)24(32-2)12-17(20)9-10-28(22)15-21(16)26(23)34-35(29,30)19-6-4-5-18(27)13-19;1-4-5(2)3;/h2*4-8,12-14,22H,9-11,15H2,1-3H3;1H;1H. The molecule has 4 aliphatic rings. The number of nitrogens with zero attached hydrogens (tertiary/aromatic N) is 2. The van der Waals surface area contributed by atoms with Crippen LogP contribution in [-0.2, 0) is 68.2 Å². The minimum atomic E-state index is -4.27. The Balaban J connectivity index is 0.000000201. The van der Waals surface area contributed by atoms with Gasteiger partial charge < -0.3 is 41.7 Å². The lowest BCUT2D eigenvalue weighted by atomic mass is 9.83. The Kier molecular flexibility index (Phi) is 16.8. The molecule has 18 nitrogen and oxygen atoms in total. The summed E-state index contributed by atoms with van der Waals surface area (Å²) in [5, 5.41) is 7.05. The molecule has 0 saturated heterocycles. The molecule has 23 heteroatoms. The van der Waals surface area contributed by atoms with Gasteiger partial charge in [0.05, 0.1) is 42.7 Å². The maximum Gasteiger partial charge on any atom is 0.521 e. The normalized spacial score (nSPS) is 16.7. The molecular formula is C52H55F2N2O16PS2. The fraction of sp³-hybridized carbons (Fsp3) is 0.308. The van der Waals surface area contributed by atoms with Crippen LogP contribution in [0.1, 0.15) is 58.0 Å². The average molecular weight is 1100 g/mol. The number of hydrogen-bond acceptors (Lipinski definition) is 18. The number of rotatable bonds is 13. The van der Waals surface area contributed by atoms with Gasteiger partial charge in [-0.3, -0.25) is 9.80 Å². The molecule has 0 aromatic heterocycles. The molecule has 1 N–H and O–H groups in total. The third kappa shape index (κ3) is 11.6. The van der Waals surface area contributed by atoms with E-state index in [4.69, 9.17) is 51.5 Å². The molecule has 10 rings (SSSR count). The van der Waals surface area contributed by atoms with Crippen LogP contribution >= 0.6 is 8.25 Å². The second-order valence-electron chi connectivity index (χ2n) is 17.5. The van der Waals surface area contributed by atoms with Crippen molar-refractivity contribution in [2.45, 2.75) is 60.6 Å². The van der Waals surface area contributed by atoms with Gasteiger partial charge in [0.15, 0.2) is 46.0 Å². The first-order valence-corrected chi connectivity index (χ1v) is 27.1. The van der Waals surface area contributed by atoms with Crippen LogP contribution in [-0.4, -0.2) is 87.6 Å². The highest BCUT2D eigenvalue weighted by Gasteiger charge is 2.38. The smallest absolute Gasteiger partial charge is 0.521 e. The monoisotopic (exact) mass is 1100 g/mol. The molecule has 4 aliphatic heterocycles. The van der Waals surface area contributed by atoms with Crippen molar-refractivity contribution in [3.05, 3.63) is 153 Å². The highest BCUT2D eigenvalue weighted by molar-refractivity contribution is 7.87. The van der Waals surface area contributed by atoms with Crippen LogP contribution in [0.4, 0.5) is 8.78 Å². The Morgan fingerprint density at radius 3 is 1.24 bits per heavy atom. The van der Waals surface area contributed by atoms with Crippen molar-refractivity contribution >= 4 is 28.5 Å². The van der Waals surface area contributed by atoms with Gasteiger partial charge in [0, 0.05) is 55.5 Å². The second kappa shape index (κ2) is 23.1. The summed E-state index contributed by atoms with van der Waals surface area (Å²) in [5.41, 5.74) is 8.22. The average Bonchev–Trinajstić information content (AvgIpc) is 3.41. The second-order valence-corrected chi connectivity index (χ2v) is 21.2. The van der Waals surface area contributed by atoms with Crippen LogP contribution in [0.3, 0.4) is 0 Å². The number of hydrogen-bond donors (Lipinski definition) is 1. The van der Waals surface area contributed by atoms with E-state index in [2.05, 4.69) is 14.5 Å². The first-order chi connectivity index (χ1) is 35.9. The molecule has 75 heavy (non-hydrogen) atoms. The molecule has 0 fully saturated rings. The summed E-state index contributed by atoms with van der Waals surface area (Å²) >= 11 is 0. The summed E-state index contributed by atoms with van der Waals surface area (Å²) in [7, 11) is -2.15. The number of benzene rings is 6. The third-order valence-corrected chi connectivity index (χ3v) is 16.0. The first-order valence-electron chi connectivity index (χ1n) is 23.2. The Morgan fingerprint density at radius 2 is 0.907 bits per heavy atom. The Labute approximate surface area is 435 Å². The fourth-order valence-electron chi connectivity index (χ4n) is 9.93. The molecule has 400 valence electrons. The Morgan fingerprint density at radius 1 is 0.547 bits per heavy atom. The van der Waals surface area contributed by atoms with Gasteiger partial charge in [-0.1, -0.05) is 24.3 Å². The summed E-state index contributed by atoms with van der Waals surface area (Å²) < 4.78 is 135. The molecule has 3 unspecified atom stereocenters. The van der Waals surface area contributed by atoms with Crippen LogP contribution < -0.4 is 41.7 Å². The lowest BCUT2D eigenvalue weighted by Crippen LogP contribution is -2.39. The molecule has 3 atom stereocenters. The summed E-state index contributed by atoms with van der Waals surface area (Å²) in [4.78, 5) is 13.0. The predicted molar refractivity (Wildman–Crippen MR) is 268 cm³/mol. The maximum atomic E-state index is 13.7. The van der Waals surface area contributed by atoms with Gasteiger partial charge in [-0.05, 0) is 136 Å². The van der Waals surface area contributed by atoms with E-state index in [0.29, 0.717) is 60.4 Å². The van der Waals surface area contributed by atoms with Gasteiger partial charge in [0.1, 0.15) is 21.4 Å². The van der Waals surface area contributed by atoms with E-state index in [1.54, 1.807) is 40.6 Å². The zero-order valence-electron chi connectivity index (χ0n) is 41.5. The van der Waals surface area contributed by atoms with Gasteiger partial charge >= 0.3 is 28.5 Å². The van der Waals surface area contributed by atoms with E-state index >= 15 is 0 Å². The number of methoxy groups -OCH3 is 6. The van der Waals surface area contributed by atoms with Crippen LogP contribution in [0.25, 0.3) is 0 Å². The van der Waals surface area contributed by atoms with E-state index < -0.39 is 40.1 Å². The van der Waals surface area contributed by atoms with Crippen molar-refractivity contribution in [2.75, 3.05) is 55.7 Å². The van der Waals surface area contributed by atoms with E-state index in [-0.39, 0.29) is 34.8 Å². The molecular weight excluding hydrogens is 1040 g/mol. The van der Waals surface area contributed by atoms with Crippen molar-refractivity contribution in [3.63, 3.8) is 0 Å². The van der Waals surface area contributed by atoms with Crippen molar-refractivity contribution < 1.29 is 83.2 Å². The van der Waals surface area contributed by atoms with Crippen LogP contribution in [0.2, 0.25) is 0 Å². The SMILES string of the molecule is COc1cc2c(cc1OC)C1Cc3ccc(OC)c(OS(=O)(=O)c4cccc(F)c4)c3CN1CC2.COc1cc2c(cc1OC)C1Cc3ccc(OC)c(OS(=O)(=O)c4cccc(F)c4)c3CN1CC2.O=[P+]([O-])OO.[HH]. The molecule has 0 amide bonds. The fourth-order valence-corrected chi connectivity index (χ4v) is 11.9. The maximum absolute atomic E-state index is 13.7. The van der Waals surface area contributed by atoms with E-state index in [1.807, 2.05) is 36.4 Å². The van der Waals surface area contributed by atoms with Crippen molar-refractivity contribution in [1.82, 2.24) is 9.80 Å². The molecule has 4 heterocycles. The van der Waals surface area contributed by atoms with Crippen LogP contribution in [0, 0.1) is 11.6 Å². The van der Waals surface area contributed by atoms with Gasteiger partial charge in [0.2, 0.25) is 0 Å². The first kappa shape index (κ1) is 54.6. The van der Waals surface area contributed by atoms with E-state index in [0.717, 1.165) is 60.3 Å². The topological polar surface area (TPSA) is 218 Å². The van der Waals surface area contributed by atoms with Gasteiger partial charge in [-0.15, -0.1) is 0 Å². The molecule has 0 aliphatic carbocycles. The zero-order valence-corrected chi connectivity index (χ0v) is 44.1. The Bertz CT molecular complexity index is 3140. The number of ether oxygens (including phenoxy) is 6. The molecule has 0 spiro atoms. The molecule has 6 aromatic rings. The van der Waals surface area contributed by atoms with Gasteiger partial charge in [0.25, 0.3) is 0 Å². The van der Waals surface area contributed by atoms with E-state index in [1.165, 1.54) is 72.9 Å². The van der Waals surface area contributed by atoms with Crippen molar-refractivity contribution in [3.8, 4) is 46.0 Å². The van der Waals surface area contributed by atoms with Crippen molar-refractivity contribution in [2.24, 2.45) is 0 Å². The molecule has 0 radical (unpaired) electrons. The number of fused-ring (bicyclic) bond motifs is 8. The highest BCUT2D eigenvalue weighted by Crippen LogP contribution is 2.48. The summed E-state index contributed by atoms with van der Waals surface area (Å²) in [6, 6.07) is 25.2. The summed E-state index contributed by atoms with van der Waals surface area (Å²) in [5.74, 6) is 2.38. The minimum Gasteiger partial charge on any atom is -0.565 e. The lowest BCUT2D eigenvalue weighted by Gasteiger charge is -2.42. The Hall–Kier alpha value is -6.62. The predicted octanol–water partition coefficient (Wildman–Crippen LogP) is 8.29. The molecule has 0 bridgehead atoms. The third-order valence-electron chi connectivity index (χ3n) is 13.5. The van der Waals surface area contributed by atoms with Gasteiger partial charge in [-0.2, -0.15) is 16.8 Å².